The van der Waals surface area contributed by atoms with Crippen LogP contribution in [0.3, 0.4) is 0 Å². The third-order valence-electron chi connectivity index (χ3n) is 3.41. The fraction of sp³-hybridized carbons (Fsp3) is 0.636. The quantitative estimate of drug-likeness (QED) is 0.568. The molecule has 0 aromatic carbocycles. The molecule has 17 heavy (non-hydrogen) atoms. The molecule has 1 aromatic heterocycles. The predicted octanol–water partition coefficient (Wildman–Crippen LogP) is 0.293. The number of rotatable bonds is 2. The minimum atomic E-state index is 0.145. The normalized spacial score (nSPS) is 20.4. The molecule has 6 nitrogen and oxygen atoms in total. The van der Waals surface area contributed by atoms with Crippen LogP contribution in [0.1, 0.15) is 13.8 Å². The fourth-order valence-electron chi connectivity index (χ4n) is 2.01. The van der Waals surface area contributed by atoms with Crippen molar-refractivity contribution in [3.63, 3.8) is 0 Å². The highest BCUT2D eigenvalue weighted by Crippen LogP contribution is 2.23. The molecule has 0 saturated carbocycles. The first-order chi connectivity index (χ1) is 8.03. The summed E-state index contributed by atoms with van der Waals surface area (Å²) in [6, 6.07) is 0. The molecule has 6 heteroatoms. The van der Waals surface area contributed by atoms with E-state index < -0.39 is 0 Å². The van der Waals surface area contributed by atoms with Gasteiger partial charge in [0.1, 0.15) is 5.82 Å². The highest BCUT2D eigenvalue weighted by molar-refractivity contribution is 5.44. The van der Waals surface area contributed by atoms with Crippen molar-refractivity contribution in [2.75, 3.05) is 37.0 Å². The van der Waals surface area contributed by atoms with Gasteiger partial charge in [0.2, 0.25) is 0 Å². The average molecular weight is 236 g/mol. The highest BCUT2D eigenvalue weighted by Gasteiger charge is 2.31. The summed E-state index contributed by atoms with van der Waals surface area (Å²) in [6.07, 6.45) is 3.40. The molecule has 1 aromatic rings. The van der Waals surface area contributed by atoms with Gasteiger partial charge in [0, 0.05) is 25.2 Å². The van der Waals surface area contributed by atoms with E-state index in [0.29, 0.717) is 5.82 Å². The van der Waals surface area contributed by atoms with E-state index >= 15 is 0 Å². The van der Waals surface area contributed by atoms with Gasteiger partial charge < -0.3 is 10.3 Å². The van der Waals surface area contributed by atoms with Gasteiger partial charge in [-0.3, -0.25) is 9.88 Å². The van der Waals surface area contributed by atoms with Crippen molar-refractivity contribution in [1.29, 1.82) is 0 Å². The lowest BCUT2D eigenvalue weighted by Crippen LogP contribution is -2.57. The van der Waals surface area contributed by atoms with Crippen LogP contribution in [0.25, 0.3) is 0 Å². The molecule has 0 atom stereocenters. The second kappa shape index (κ2) is 4.46. The Balaban J connectivity index is 2.17. The van der Waals surface area contributed by atoms with E-state index in [-0.39, 0.29) is 5.54 Å². The Morgan fingerprint density at radius 1 is 1.35 bits per heavy atom. The second-order valence-corrected chi connectivity index (χ2v) is 5.06. The number of nitrogens with two attached hydrogens (primary N) is 1. The van der Waals surface area contributed by atoms with Gasteiger partial charge in [-0.25, -0.2) is 10.8 Å². The monoisotopic (exact) mass is 236 g/mol. The Bertz CT molecular complexity index is 391. The summed E-state index contributed by atoms with van der Waals surface area (Å²) in [5, 5.41) is 0. The second-order valence-electron chi connectivity index (χ2n) is 5.06. The van der Waals surface area contributed by atoms with Gasteiger partial charge in [0.25, 0.3) is 0 Å². The Hall–Kier alpha value is -1.40. The first kappa shape index (κ1) is 12.1. The molecule has 1 aliphatic rings. The summed E-state index contributed by atoms with van der Waals surface area (Å²) in [7, 11) is 2.15. The maximum Gasteiger partial charge on any atom is 0.160 e. The number of nitrogen functional groups attached to an aromatic ring is 1. The topological polar surface area (TPSA) is 70.3 Å². The Labute approximate surface area is 102 Å². The molecule has 1 aliphatic heterocycles. The van der Waals surface area contributed by atoms with Crippen molar-refractivity contribution in [2.45, 2.75) is 19.4 Å². The number of hydrogen-bond acceptors (Lipinski definition) is 6. The SMILES string of the molecule is CN1CCN(c2cncc(NN)n2)CC1(C)C. The summed E-state index contributed by atoms with van der Waals surface area (Å²) in [4.78, 5) is 13.2. The first-order valence-electron chi connectivity index (χ1n) is 5.78. The van der Waals surface area contributed by atoms with Crippen LogP contribution in [-0.4, -0.2) is 47.1 Å². The molecule has 0 amide bonds. The zero-order chi connectivity index (χ0) is 12.5. The minimum absolute atomic E-state index is 0.145. The third-order valence-corrected chi connectivity index (χ3v) is 3.41. The van der Waals surface area contributed by atoms with Crippen LogP contribution in [0.5, 0.6) is 0 Å². The van der Waals surface area contributed by atoms with Crippen LogP contribution in [-0.2, 0) is 0 Å². The van der Waals surface area contributed by atoms with Crippen molar-refractivity contribution in [2.24, 2.45) is 5.84 Å². The summed E-state index contributed by atoms with van der Waals surface area (Å²) in [5.41, 5.74) is 2.67. The van der Waals surface area contributed by atoms with E-state index in [1.54, 1.807) is 12.4 Å². The molecule has 2 heterocycles. The highest BCUT2D eigenvalue weighted by atomic mass is 15.3. The van der Waals surface area contributed by atoms with E-state index in [1.165, 1.54) is 0 Å². The van der Waals surface area contributed by atoms with Crippen molar-refractivity contribution in [3.8, 4) is 0 Å². The van der Waals surface area contributed by atoms with E-state index in [4.69, 9.17) is 5.84 Å². The summed E-state index contributed by atoms with van der Waals surface area (Å²) in [6.45, 7) is 7.39. The molecule has 0 spiro atoms. The standard InChI is InChI=1S/C11H20N6/c1-11(2)8-17(5-4-16(11)3)10-7-13-6-9(14-10)15-12/h6-7H,4-5,8,12H2,1-3H3,(H,14,15). The molecule has 0 bridgehead atoms. The molecule has 94 valence electrons. The van der Waals surface area contributed by atoms with Crippen molar-refractivity contribution in [3.05, 3.63) is 12.4 Å². The van der Waals surface area contributed by atoms with Crippen molar-refractivity contribution >= 4 is 11.6 Å². The Morgan fingerprint density at radius 2 is 2.12 bits per heavy atom. The van der Waals surface area contributed by atoms with E-state index in [1.807, 2.05) is 0 Å². The van der Waals surface area contributed by atoms with Gasteiger partial charge in [-0.2, -0.15) is 0 Å². The molecule has 2 rings (SSSR count). The number of likely N-dealkylation sites (N-methyl/N-ethyl adjacent to an activating group) is 1. The van der Waals surface area contributed by atoms with Crippen LogP contribution in [0.4, 0.5) is 11.6 Å². The number of piperazine rings is 1. The largest absolute Gasteiger partial charge is 0.352 e. The molecular weight excluding hydrogens is 216 g/mol. The molecular formula is C11H20N6. The zero-order valence-electron chi connectivity index (χ0n) is 10.6. The number of aromatic nitrogens is 2. The lowest BCUT2D eigenvalue weighted by Gasteiger charge is -2.45. The lowest BCUT2D eigenvalue weighted by atomic mass is 10.00. The summed E-state index contributed by atoms with van der Waals surface area (Å²) >= 11 is 0. The first-order valence-corrected chi connectivity index (χ1v) is 5.78. The number of hydrazine groups is 1. The van der Waals surface area contributed by atoms with Gasteiger partial charge in [0.05, 0.1) is 12.4 Å². The predicted molar refractivity (Wildman–Crippen MR) is 68.8 cm³/mol. The number of nitrogens with zero attached hydrogens (tertiary/aromatic N) is 4. The molecule has 0 unspecified atom stereocenters. The van der Waals surface area contributed by atoms with E-state index in [2.05, 4.69) is 46.1 Å². The molecule has 0 aliphatic carbocycles. The summed E-state index contributed by atoms with van der Waals surface area (Å²) < 4.78 is 0. The maximum absolute atomic E-state index is 5.34. The van der Waals surface area contributed by atoms with Gasteiger partial charge in [-0.1, -0.05) is 0 Å². The van der Waals surface area contributed by atoms with Crippen LogP contribution >= 0.6 is 0 Å². The van der Waals surface area contributed by atoms with E-state index in [0.717, 1.165) is 25.5 Å². The van der Waals surface area contributed by atoms with Gasteiger partial charge >= 0.3 is 0 Å². The minimum Gasteiger partial charge on any atom is -0.352 e. The number of anilines is 2. The van der Waals surface area contributed by atoms with Gasteiger partial charge in [0.15, 0.2) is 5.82 Å². The number of nitrogens with one attached hydrogen (secondary N) is 1. The molecule has 1 saturated heterocycles. The van der Waals surface area contributed by atoms with Gasteiger partial charge in [-0.05, 0) is 20.9 Å². The maximum atomic E-state index is 5.34. The zero-order valence-corrected chi connectivity index (χ0v) is 10.6. The number of hydrogen-bond donors (Lipinski definition) is 2. The van der Waals surface area contributed by atoms with Gasteiger partial charge in [-0.15, -0.1) is 0 Å². The van der Waals surface area contributed by atoms with Crippen LogP contribution in [0.2, 0.25) is 0 Å². The van der Waals surface area contributed by atoms with Crippen LogP contribution in [0.15, 0.2) is 12.4 Å². The Kier molecular flexibility index (Phi) is 3.17. The van der Waals surface area contributed by atoms with E-state index in [9.17, 15) is 0 Å². The fourth-order valence-corrected chi connectivity index (χ4v) is 2.01. The summed E-state index contributed by atoms with van der Waals surface area (Å²) in [5.74, 6) is 6.82. The third kappa shape index (κ3) is 2.48. The molecule has 0 radical (unpaired) electrons. The molecule has 1 fully saturated rings. The van der Waals surface area contributed by atoms with Crippen molar-refractivity contribution in [1.82, 2.24) is 14.9 Å². The molecule has 3 N–H and O–H groups in total. The average Bonchev–Trinajstić information content (AvgIpc) is 2.32. The lowest BCUT2D eigenvalue weighted by molar-refractivity contribution is 0.138. The smallest absolute Gasteiger partial charge is 0.160 e. The van der Waals surface area contributed by atoms with Crippen molar-refractivity contribution < 1.29 is 0 Å². The Morgan fingerprint density at radius 3 is 2.76 bits per heavy atom. The van der Waals surface area contributed by atoms with Crippen LogP contribution in [0, 0.1) is 0 Å². The van der Waals surface area contributed by atoms with Crippen LogP contribution < -0.4 is 16.2 Å².